The summed E-state index contributed by atoms with van der Waals surface area (Å²) in [5, 5.41) is 0. The van der Waals surface area contributed by atoms with Gasteiger partial charge in [-0.25, -0.2) is 0 Å². The van der Waals surface area contributed by atoms with Gasteiger partial charge in [0.1, 0.15) is 0 Å². The maximum Gasteiger partial charge on any atom is -0.0149 e. The molecule has 0 radical (unpaired) electrons. The Kier molecular flexibility index (Phi) is 4.23. The fourth-order valence-electron chi connectivity index (χ4n) is 0.883. The van der Waals surface area contributed by atoms with Crippen LogP contribution >= 0.6 is 0 Å². The van der Waals surface area contributed by atoms with Crippen molar-refractivity contribution < 1.29 is 0 Å². The summed E-state index contributed by atoms with van der Waals surface area (Å²) in [5.41, 5.74) is 2.27. The molecule has 0 heterocycles. The Balaban J connectivity index is 0.000001000. The summed E-state index contributed by atoms with van der Waals surface area (Å²) in [4.78, 5) is 0. The summed E-state index contributed by atoms with van der Waals surface area (Å²) in [6, 6.07) is 8.02. The Bertz CT molecular complexity index is 224. The zero-order valence-corrected chi connectivity index (χ0v) is 5.88. The topological polar surface area (TPSA) is 0 Å². The number of rotatable bonds is 2. The van der Waals surface area contributed by atoms with Crippen LogP contribution in [-0.2, 0) is 0 Å². The van der Waals surface area contributed by atoms with Crippen molar-refractivity contribution in [3.05, 3.63) is 48.6 Å². The van der Waals surface area contributed by atoms with E-state index in [9.17, 15) is 0 Å². The lowest BCUT2D eigenvalue weighted by molar-refractivity contribution is 1.62. The van der Waals surface area contributed by atoms with E-state index in [0.29, 0.717) is 0 Å². The van der Waals surface area contributed by atoms with Crippen molar-refractivity contribution in [1.29, 1.82) is 0 Å². The minimum Gasteiger partial charge on any atom is -0.0984 e. The van der Waals surface area contributed by atoms with Crippen LogP contribution in [0.1, 0.15) is 11.1 Å². The van der Waals surface area contributed by atoms with Gasteiger partial charge in [-0.1, -0.05) is 49.6 Å². The Hall–Kier alpha value is -1.08. The van der Waals surface area contributed by atoms with Crippen molar-refractivity contribution >= 4 is 23.1 Å². The molecule has 0 bridgehead atoms. The van der Waals surface area contributed by atoms with Crippen LogP contribution < -0.4 is 0 Å². The summed E-state index contributed by atoms with van der Waals surface area (Å²) in [6.07, 6.45) is 3.66. The van der Waals surface area contributed by atoms with Crippen molar-refractivity contribution in [1.82, 2.24) is 0 Å². The van der Waals surface area contributed by atoms with Crippen LogP contribution in [0.25, 0.3) is 12.2 Å². The summed E-state index contributed by atoms with van der Waals surface area (Å²) in [6.45, 7) is 7.38. The number of benzene rings is 1. The van der Waals surface area contributed by atoms with Crippen LogP contribution in [0.15, 0.2) is 37.4 Å². The number of hydrogen-bond acceptors (Lipinski definition) is 0. The second-order valence-electron chi connectivity index (χ2n) is 2.04. The van der Waals surface area contributed by atoms with Crippen LogP contribution in [0, 0.1) is 0 Å². The summed E-state index contributed by atoms with van der Waals surface area (Å²) >= 11 is 0. The van der Waals surface area contributed by atoms with Crippen molar-refractivity contribution in [3.8, 4) is 0 Å². The molecule has 1 rings (SSSR count). The van der Waals surface area contributed by atoms with Crippen LogP contribution in [0.4, 0.5) is 0 Å². The summed E-state index contributed by atoms with van der Waals surface area (Å²) in [5.74, 6) is 0. The summed E-state index contributed by atoms with van der Waals surface area (Å²) in [7, 11) is 0. The highest BCUT2D eigenvalue weighted by Crippen LogP contribution is 2.10. The van der Waals surface area contributed by atoms with Crippen LogP contribution in [0.2, 0.25) is 0 Å². The van der Waals surface area contributed by atoms with Gasteiger partial charge in [0.15, 0.2) is 0 Å². The standard InChI is InChI=1S/C10H10.H4Si/c1-3-9-7-5-6-8-10(9)4-2;/h3-8H,1-2H2;1H4. The molecular formula is C10H14Si. The Labute approximate surface area is 72.3 Å². The molecular weight excluding hydrogens is 148 g/mol. The first kappa shape index (κ1) is 9.92. The second-order valence-corrected chi connectivity index (χ2v) is 2.04. The lowest BCUT2D eigenvalue weighted by Crippen LogP contribution is -1.76. The third kappa shape index (κ3) is 2.20. The van der Waals surface area contributed by atoms with E-state index in [-0.39, 0.29) is 11.0 Å². The Morgan fingerprint density at radius 2 is 1.27 bits per heavy atom. The molecule has 1 heteroatoms. The predicted octanol–water partition coefficient (Wildman–Crippen LogP) is 1.52. The van der Waals surface area contributed by atoms with Crippen LogP contribution in [-0.4, -0.2) is 11.0 Å². The third-order valence-corrected chi connectivity index (χ3v) is 1.44. The molecule has 0 atom stereocenters. The molecule has 0 saturated heterocycles. The molecule has 0 fully saturated rings. The van der Waals surface area contributed by atoms with Gasteiger partial charge in [-0.15, -0.1) is 0 Å². The molecule has 1 aromatic rings. The quantitative estimate of drug-likeness (QED) is 0.578. The lowest BCUT2D eigenvalue weighted by Gasteiger charge is -1.96. The predicted molar refractivity (Wildman–Crippen MR) is 58.0 cm³/mol. The van der Waals surface area contributed by atoms with E-state index in [2.05, 4.69) is 13.2 Å². The van der Waals surface area contributed by atoms with Crippen molar-refractivity contribution in [2.75, 3.05) is 0 Å². The molecule has 0 aromatic heterocycles. The van der Waals surface area contributed by atoms with Crippen molar-refractivity contribution in [2.24, 2.45) is 0 Å². The fraction of sp³-hybridized carbons (Fsp3) is 0. The molecule has 0 aliphatic carbocycles. The Morgan fingerprint density at radius 1 is 0.909 bits per heavy atom. The molecule has 0 saturated carbocycles. The minimum atomic E-state index is 0. The smallest absolute Gasteiger partial charge is 0.0149 e. The molecule has 0 amide bonds. The average molecular weight is 162 g/mol. The van der Waals surface area contributed by atoms with Gasteiger partial charge in [0.2, 0.25) is 0 Å². The van der Waals surface area contributed by atoms with E-state index in [1.165, 1.54) is 0 Å². The van der Waals surface area contributed by atoms with Gasteiger partial charge < -0.3 is 0 Å². The zero-order chi connectivity index (χ0) is 7.40. The molecule has 1 aromatic carbocycles. The second kappa shape index (κ2) is 4.69. The van der Waals surface area contributed by atoms with Gasteiger partial charge in [0, 0.05) is 0 Å². The fourth-order valence-corrected chi connectivity index (χ4v) is 0.883. The highest BCUT2D eigenvalue weighted by atomic mass is 28.1. The molecule has 0 nitrogen and oxygen atoms in total. The van der Waals surface area contributed by atoms with Gasteiger partial charge in [0.25, 0.3) is 0 Å². The van der Waals surface area contributed by atoms with E-state index < -0.39 is 0 Å². The SMILES string of the molecule is C=Cc1ccccc1C=C.[SiH4]. The third-order valence-electron chi connectivity index (χ3n) is 1.44. The van der Waals surface area contributed by atoms with Crippen LogP contribution in [0.3, 0.4) is 0 Å². The molecule has 0 spiro atoms. The van der Waals surface area contributed by atoms with Crippen molar-refractivity contribution in [3.63, 3.8) is 0 Å². The molecule has 0 N–H and O–H groups in total. The van der Waals surface area contributed by atoms with Crippen molar-refractivity contribution in [2.45, 2.75) is 0 Å². The molecule has 58 valence electrons. The van der Waals surface area contributed by atoms with E-state index in [1.54, 1.807) is 0 Å². The number of hydrogen-bond donors (Lipinski definition) is 0. The first-order valence-electron chi connectivity index (χ1n) is 3.22. The first-order chi connectivity index (χ1) is 4.88. The highest BCUT2D eigenvalue weighted by molar-refractivity contribution is 5.75. The van der Waals surface area contributed by atoms with Gasteiger partial charge in [-0.3, -0.25) is 0 Å². The van der Waals surface area contributed by atoms with Gasteiger partial charge in [-0.05, 0) is 22.1 Å². The normalized spacial score (nSPS) is 8.00. The van der Waals surface area contributed by atoms with E-state index in [4.69, 9.17) is 0 Å². The molecule has 0 aliphatic heterocycles. The maximum absolute atomic E-state index is 3.69. The van der Waals surface area contributed by atoms with E-state index >= 15 is 0 Å². The molecule has 0 aliphatic rings. The minimum absolute atomic E-state index is 0. The van der Waals surface area contributed by atoms with Gasteiger partial charge >= 0.3 is 0 Å². The Morgan fingerprint density at radius 3 is 1.55 bits per heavy atom. The molecule has 0 unspecified atom stereocenters. The lowest BCUT2D eigenvalue weighted by atomic mass is 10.1. The first-order valence-corrected chi connectivity index (χ1v) is 3.22. The largest absolute Gasteiger partial charge is 0.0984 e. The zero-order valence-electron chi connectivity index (χ0n) is 5.88. The summed E-state index contributed by atoms with van der Waals surface area (Å²) < 4.78 is 0. The average Bonchev–Trinajstić information content (AvgIpc) is 2.04. The van der Waals surface area contributed by atoms with E-state index in [0.717, 1.165) is 11.1 Å². The van der Waals surface area contributed by atoms with Gasteiger partial charge in [-0.2, -0.15) is 0 Å². The maximum atomic E-state index is 3.69. The molecule has 11 heavy (non-hydrogen) atoms. The van der Waals surface area contributed by atoms with Gasteiger partial charge in [0.05, 0.1) is 0 Å². The van der Waals surface area contributed by atoms with E-state index in [1.807, 2.05) is 36.4 Å². The highest BCUT2D eigenvalue weighted by Gasteiger charge is 1.89. The monoisotopic (exact) mass is 162 g/mol. The van der Waals surface area contributed by atoms with Crippen LogP contribution in [0.5, 0.6) is 0 Å².